The fourth-order valence-corrected chi connectivity index (χ4v) is 2.95. The summed E-state index contributed by atoms with van der Waals surface area (Å²) in [6, 6.07) is 7.56. The molecule has 0 aromatic heterocycles. The maximum absolute atomic E-state index is 13.7. The summed E-state index contributed by atoms with van der Waals surface area (Å²) in [5.74, 6) is -0.640. The van der Waals surface area contributed by atoms with Gasteiger partial charge in [0.25, 0.3) is 0 Å². The quantitative estimate of drug-likeness (QED) is 0.663. The van der Waals surface area contributed by atoms with Crippen LogP contribution < -0.4 is 4.74 Å². The molecule has 2 aromatic rings. The van der Waals surface area contributed by atoms with Crippen molar-refractivity contribution in [3.8, 4) is 5.75 Å². The van der Waals surface area contributed by atoms with Gasteiger partial charge in [-0.3, -0.25) is 0 Å². The van der Waals surface area contributed by atoms with Crippen LogP contribution in [0.1, 0.15) is 21.5 Å². The van der Waals surface area contributed by atoms with Crippen LogP contribution in [0.4, 0.5) is 8.78 Å². The van der Waals surface area contributed by atoms with Crippen molar-refractivity contribution in [3.05, 3.63) is 63.7 Å². The third-order valence-electron chi connectivity index (χ3n) is 3.02. The van der Waals surface area contributed by atoms with Crippen LogP contribution in [0.15, 0.2) is 30.3 Å². The highest BCUT2D eigenvalue weighted by Crippen LogP contribution is 2.37. The molecule has 0 aliphatic heterocycles. The number of hydrogen-bond acceptors (Lipinski definition) is 1. The summed E-state index contributed by atoms with van der Waals surface area (Å²) in [6.45, 7) is 1.66. The lowest BCUT2D eigenvalue weighted by Crippen LogP contribution is -1.98. The van der Waals surface area contributed by atoms with E-state index in [2.05, 4.69) is 15.9 Å². The summed E-state index contributed by atoms with van der Waals surface area (Å²) in [5.41, 5.74) is 1.86. The summed E-state index contributed by atoms with van der Waals surface area (Å²) in [5, 5.41) is 0.297. The molecule has 20 heavy (non-hydrogen) atoms. The summed E-state index contributed by atoms with van der Waals surface area (Å²) >= 11 is 9.53. The minimum Gasteiger partial charge on any atom is -0.494 e. The largest absolute Gasteiger partial charge is 0.494 e. The molecule has 0 amide bonds. The van der Waals surface area contributed by atoms with Crippen molar-refractivity contribution in [1.29, 1.82) is 0 Å². The summed E-state index contributed by atoms with van der Waals surface area (Å²) < 4.78 is 32.0. The molecule has 106 valence electrons. The van der Waals surface area contributed by atoms with E-state index in [-0.39, 0.29) is 16.4 Å². The molecule has 5 heteroatoms. The Bertz CT molecular complexity index is 646. The monoisotopic (exact) mass is 360 g/mol. The lowest BCUT2D eigenvalue weighted by molar-refractivity contribution is 0.386. The zero-order valence-electron chi connectivity index (χ0n) is 10.9. The topological polar surface area (TPSA) is 9.23 Å². The van der Waals surface area contributed by atoms with Crippen molar-refractivity contribution in [3.63, 3.8) is 0 Å². The van der Waals surface area contributed by atoms with Gasteiger partial charge in [0.15, 0.2) is 11.6 Å². The van der Waals surface area contributed by atoms with Crippen molar-refractivity contribution in [2.45, 2.75) is 11.8 Å². The summed E-state index contributed by atoms with van der Waals surface area (Å²) in [4.78, 5) is -0.324. The number of benzene rings is 2. The first kappa shape index (κ1) is 15.3. The maximum atomic E-state index is 13.7. The van der Waals surface area contributed by atoms with E-state index in [1.165, 1.54) is 19.2 Å². The smallest absolute Gasteiger partial charge is 0.165 e. The Kier molecular flexibility index (Phi) is 4.66. The molecule has 0 aliphatic rings. The number of aryl methyl sites for hydroxylation is 1. The fraction of sp³-hybridized carbons (Fsp3) is 0.200. The first-order chi connectivity index (χ1) is 9.43. The van der Waals surface area contributed by atoms with Gasteiger partial charge in [-0.15, -0.1) is 0 Å². The predicted octanol–water partition coefficient (Wildman–Crippen LogP) is 5.42. The van der Waals surface area contributed by atoms with Crippen molar-refractivity contribution in [2.75, 3.05) is 7.11 Å². The van der Waals surface area contributed by atoms with Crippen LogP contribution in [-0.2, 0) is 0 Å². The molecule has 0 N–H and O–H groups in total. The minimum atomic E-state index is -0.454. The number of alkyl halides is 1. The molecule has 0 spiro atoms. The minimum absolute atomic E-state index is 0.176. The van der Waals surface area contributed by atoms with Gasteiger partial charge in [-0.2, -0.15) is 0 Å². The van der Waals surface area contributed by atoms with Gasteiger partial charge in [0, 0.05) is 5.02 Å². The molecule has 1 nitrogen and oxygen atoms in total. The number of halogens is 4. The van der Waals surface area contributed by atoms with Crippen LogP contribution in [0.3, 0.4) is 0 Å². The third-order valence-corrected chi connectivity index (χ3v) is 4.37. The van der Waals surface area contributed by atoms with E-state index < -0.39 is 5.82 Å². The molecule has 2 rings (SSSR count). The zero-order chi connectivity index (χ0) is 14.9. The van der Waals surface area contributed by atoms with Gasteiger partial charge in [0.05, 0.1) is 11.9 Å². The van der Waals surface area contributed by atoms with E-state index in [0.29, 0.717) is 21.7 Å². The highest BCUT2D eigenvalue weighted by Gasteiger charge is 2.17. The van der Waals surface area contributed by atoms with Gasteiger partial charge in [0.1, 0.15) is 5.82 Å². The highest BCUT2D eigenvalue weighted by molar-refractivity contribution is 9.09. The molecule has 0 fully saturated rings. The number of hydrogen-bond donors (Lipinski definition) is 0. The Morgan fingerprint density at radius 3 is 2.45 bits per heavy atom. The zero-order valence-corrected chi connectivity index (χ0v) is 13.2. The van der Waals surface area contributed by atoms with Crippen molar-refractivity contribution in [1.82, 2.24) is 0 Å². The van der Waals surface area contributed by atoms with Crippen LogP contribution in [0.25, 0.3) is 0 Å². The Balaban J connectivity index is 2.43. The summed E-state index contributed by atoms with van der Waals surface area (Å²) in [6.07, 6.45) is 0. The van der Waals surface area contributed by atoms with Gasteiger partial charge in [-0.25, -0.2) is 8.78 Å². The van der Waals surface area contributed by atoms with E-state index in [4.69, 9.17) is 16.3 Å². The van der Waals surface area contributed by atoms with Crippen LogP contribution in [0.2, 0.25) is 5.02 Å². The highest BCUT2D eigenvalue weighted by atomic mass is 79.9. The maximum Gasteiger partial charge on any atom is 0.165 e. The average Bonchev–Trinajstić information content (AvgIpc) is 2.42. The first-order valence-corrected chi connectivity index (χ1v) is 7.16. The second kappa shape index (κ2) is 6.10. The standard InChI is InChI=1S/C15H12BrClF2O/c1-8-5-10(11(17)7-12(8)18)15(16)9-3-4-14(20-2)13(19)6-9/h3-7,15H,1-2H3. The Morgan fingerprint density at radius 1 is 1.15 bits per heavy atom. The molecule has 0 bridgehead atoms. The average molecular weight is 362 g/mol. The number of ether oxygens (including phenoxy) is 1. The first-order valence-electron chi connectivity index (χ1n) is 5.87. The van der Waals surface area contributed by atoms with E-state index in [9.17, 15) is 8.78 Å². The van der Waals surface area contributed by atoms with Crippen LogP contribution >= 0.6 is 27.5 Å². The predicted molar refractivity (Wildman–Crippen MR) is 79.9 cm³/mol. The summed E-state index contributed by atoms with van der Waals surface area (Å²) in [7, 11) is 1.41. The molecule has 2 aromatic carbocycles. The number of methoxy groups -OCH3 is 1. The second-order valence-electron chi connectivity index (χ2n) is 4.38. The van der Waals surface area contributed by atoms with Gasteiger partial charge in [-0.05, 0) is 41.8 Å². The van der Waals surface area contributed by atoms with E-state index in [1.54, 1.807) is 25.1 Å². The van der Waals surface area contributed by atoms with Crippen molar-refractivity contribution in [2.24, 2.45) is 0 Å². The molecule has 1 atom stereocenters. The molecule has 0 aliphatic carbocycles. The lowest BCUT2D eigenvalue weighted by Gasteiger charge is -2.15. The Hall–Kier alpha value is -1.13. The van der Waals surface area contributed by atoms with E-state index >= 15 is 0 Å². The molecular weight excluding hydrogens is 350 g/mol. The van der Waals surface area contributed by atoms with Crippen LogP contribution in [0.5, 0.6) is 5.75 Å². The van der Waals surface area contributed by atoms with Gasteiger partial charge >= 0.3 is 0 Å². The van der Waals surface area contributed by atoms with Crippen LogP contribution in [0, 0.1) is 18.6 Å². The van der Waals surface area contributed by atoms with Gasteiger partial charge in [-0.1, -0.05) is 39.7 Å². The molecule has 0 heterocycles. The molecular formula is C15H12BrClF2O. The van der Waals surface area contributed by atoms with E-state index in [0.717, 1.165) is 0 Å². The SMILES string of the molecule is COc1ccc(C(Br)c2cc(C)c(F)cc2Cl)cc1F. The molecule has 0 saturated heterocycles. The Labute approximate surface area is 129 Å². The van der Waals surface area contributed by atoms with Crippen LogP contribution in [-0.4, -0.2) is 7.11 Å². The normalized spacial score (nSPS) is 12.3. The van der Waals surface area contributed by atoms with Gasteiger partial charge in [0.2, 0.25) is 0 Å². The number of rotatable bonds is 3. The van der Waals surface area contributed by atoms with Crippen molar-refractivity contribution < 1.29 is 13.5 Å². The molecule has 1 unspecified atom stereocenters. The molecule has 0 radical (unpaired) electrons. The second-order valence-corrected chi connectivity index (χ2v) is 5.70. The van der Waals surface area contributed by atoms with Crippen molar-refractivity contribution >= 4 is 27.5 Å². The van der Waals surface area contributed by atoms with Gasteiger partial charge < -0.3 is 4.74 Å². The molecule has 0 saturated carbocycles. The van der Waals surface area contributed by atoms with E-state index in [1.807, 2.05) is 0 Å². The Morgan fingerprint density at radius 2 is 1.85 bits per heavy atom. The fourth-order valence-electron chi connectivity index (χ4n) is 1.89. The lowest BCUT2D eigenvalue weighted by atomic mass is 10.0. The third kappa shape index (κ3) is 2.96.